The summed E-state index contributed by atoms with van der Waals surface area (Å²) < 4.78 is 4.96. The molecule has 1 aliphatic rings. The molecule has 0 aromatic rings. The van der Waals surface area contributed by atoms with Crippen LogP contribution in [0.15, 0.2) is 0 Å². The number of hydrogen-bond donors (Lipinski definition) is 1. The molecule has 0 aliphatic carbocycles. The number of β-amino-alcohol motifs (C(OH)–C–C–N with tert-alkyl or cyclic N) is 1. The molecule has 1 N–H and O–H groups in total. The number of rotatable bonds is 2. The summed E-state index contributed by atoms with van der Waals surface area (Å²) in [5, 5.41) is 9.34. The monoisotopic (exact) mass is 193 g/mol. The van der Waals surface area contributed by atoms with E-state index in [1.807, 2.05) is 0 Å². The zero-order chi connectivity index (χ0) is 9.14. The molecule has 4 nitrogen and oxygen atoms in total. The van der Waals surface area contributed by atoms with Gasteiger partial charge in [-0.3, -0.25) is 4.79 Å². The van der Waals surface area contributed by atoms with Gasteiger partial charge < -0.3 is 14.7 Å². The van der Waals surface area contributed by atoms with Gasteiger partial charge in [0.1, 0.15) is 12.0 Å². The molecule has 0 unspecified atom stereocenters. The summed E-state index contributed by atoms with van der Waals surface area (Å²) in [6.45, 7) is 0.757. The first-order valence-corrected chi connectivity index (χ1v) is 4.27. The van der Waals surface area contributed by atoms with Crippen molar-refractivity contribution in [2.45, 2.75) is 12.2 Å². The van der Waals surface area contributed by atoms with Crippen LogP contribution in [-0.4, -0.2) is 54.2 Å². The lowest BCUT2D eigenvalue weighted by Gasteiger charge is -2.13. The quantitative estimate of drug-likeness (QED) is 0.599. The molecule has 0 radical (unpaired) electrons. The maximum atomic E-state index is 11.0. The van der Waals surface area contributed by atoms with Crippen LogP contribution >= 0.6 is 11.6 Å². The molecule has 0 bridgehead atoms. The van der Waals surface area contributed by atoms with Crippen molar-refractivity contribution in [3.8, 4) is 0 Å². The average Bonchev–Trinajstić information content (AvgIpc) is 2.45. The first-order chi connectivity index (χ1) is 5.69. The van der Waals surface area contributed by atoms with E-state index in [1.54, 1.807) is 0 Å². The third-order valence-electron chi connectivity index (χ3n) is 2.01. The number of nitrogens with zero attached hydrogens (tertiary/aromatic N) is 1. The number of methoxy groups -OCH3 is 1. The predicted molar refractivity (Wildman–Crippen MR) is 44.1 cm³/mol. The molecule has 1 fully saturated rings. The minimum Gasteiger partial charge on any atom is -0.388 e. The van der Waals surface area contributed by atoms with Crippen LogP contribution in [0, 0.1) is 0 Å². The lowest BCUT2D eigenvalue weighted by Crippen LogP contribution is -2.30. The van der Waals surface area contributed by atoms with Gasteiger partial charge >= 0.3 is 0 Å². The SMILES string of the molecule is CO[C@H]1CN(C(=O)CCl)C[C@@H]1O. The van der Waals surface area contributed by atoms with E-state index >= 15 is 0 Å². The molecule has 1 saturated heterocycles. The number of aliphatic hydroxyl groups is 1. The number of carbonyl (C=O) groups excluding carboxylic acids is 1. The number of hydrogen-bond acceptors (Lipinski definition) is 3. The second kappa shape index (κ2) is 4.07. The second-order valence-electron chi connectivity index (χ2n) is 2.77. The molecule has 0 aromatic carbocycles. The number of aliphatic hydroxyl groups excluding tert-OH is 1. The van der Waals surface area contributed by atoms with Crippen molar-refractivity contribution in [1.82, 2.24) is 4.90 Å². The van der Waals surface area contributed by atoms with Gasteiger partial charge in [-0.05, 0) is 0 Å². The summed E-state index contributed by atoms with van der Waals surface area (Å²) in [6, 6.07) is 0. The molecule has 1 aliphatic heterocycles. The fourth-order valence-corrected chi connectivity index (χ4v) is 1.45. The van der Waals surface area contributed by atoms with Gasteiger partial charge in [-0.25, -0.2) is 0 Å². The number of carbonyl (C=O) groups is 1. The van der Waals surface area contributed by atoms with Crippen LogP contribution in [0.4, 0.5) is 0 Å². The Morgan fingerprint density at radius 3 is 2.83 bits per heavy atom. The Labute approximate surface area is 76.1 Å². The molecule has 0 saturated carbocycles. The Balaban J connectivity index is 2.48. The topological polar surface area (TPSA) is 49.8 Å². The van der Waals surface area contributed by atoms with Gasteiger partial charge in [0.05, 0.1) is 6.10 Å². The summed E-state index contributed by atoms with van der Waals surface area (Å²) in [6.07, 6.45) is -0.848. The molecular weight excluding hydrogens is 182 g/mol. The van der Waals surface area contributed by atoms with Crippen LogP contribution < -0.4 is 0 Å². The minimum absolute atomic E-state index is 0.0385. The molecule has 1 amide bonds. The molecule has 2 atom stereocenters. The van der Waals surface area contributed by atoms with Gasteiger partial charge in [0, 0.05) is 20.2 Å². The smallest absolute Gasteiger partial charge is 0.237 e. The number of amides is 1. The van der Waals surface area contributed by atoms with E-state index in [0.717, 1.165) is 0 Å². The summed E-state index contributed by atoms with van der Waals surface area (Å²) in [4.78, 5) is 12.6. The minimum atomic E-state index is -0.581. The van der Waals surface area contributed by atoms with Crippen LogP contribution in [0.2, 0.25) is 0 Å². The summed E-state index contributed by atoms with van der Waals surface area (Å²) in [5.41, 5.74) is 0. The molecule has 0 spiro atoms. The van der Waals surface area contributed by atoms with Crippen LogP contribution in [0.1, 0.15) is 0 Å². The molecule has 5 heteroatoms. The molecule has 12 heavy (non-hydrogen) atoms. The van der Waals surface area contributed by atoms with Crippen molar-refractivity contribution in [3.05, 3.63) is 0 Å². The summed E-state index contributed by atoms with van der Waals surface area (Å²) >= 11 is 5.36. The number of likely N-dealkylation sites (tertiary alicyclic amines) is 1. The zero-order valence-corrected chi connectivity index (χ0v) is 7.62. The third-order valence-corrected chi connectivity index (χ3v) is 2.24. The van der Waals surface area contributed by atoms with Crippen molar-refractivity contribution >= 4 is 17.5 Å². The summed E-state index contributed by atoms with van der Waals surface area (Å²) in [5.74, 6) is -0.196. The van der Waals surface area contributed by atoms with Crippen molar-refractivity contribution in [1.29, 1.82) is 0 Å². The fraction of sp³-hybridized carbons (Fsp3) is 0.857. The molecule has 1 rings (SSSR count). The zero-order valence-electron chi connectivity index (χ0n) is 6.86. The van der Waals surface area contributed by atoms with Crippen LogP contribution in [-0.2, 0) is 9.53 Å². The highest BCUT2D eigenvalue weighted by molar-refractivity contribution is 6.27. The number of halogens is 1. The molecule has 0 aromatic heterocycles. The Morgan fingerprint density at radius 1 is 1.75 bits per heavy atom. The first kappa shape index (κ1) is 9.77. The number of alkyl halides is 1. The van der Waals surface area contributed by atoms with Gasteiger partial charge in [0.15, 0.2) is 0 Å². The average molecular weight is 194 g/mol. The maximum Gasteiger partial charge on any atom is 0.237 e. The van der Waals surface area contributed by atoms with Gasteiger partial charge in [-0.2, -0.15) is 0 Å². The van der Waals surface area contributed by atoms with Gasteiger partial charge in [-0.1, -0.05) is 0 Å². The van der Waals surface area contributed by atoms with Crippen molar-refractivity contribution in [2.75, 3.05) is 26.1 Å². The predicted octanol–water partition coefficient (Wildman–Crippen LogP) is -0.557. The van der Waals surface area contributed by atoms with Crippen LogP contribution in [0.25, 0.3) is 0 Å². The third kappa shape index (κ3) is 1.88. The van der Waals surface area contributed by atoms with E-state index in [2.05, 4.69) is 0 Å². The molecular formula is C7H12ClNO3. The number of ether oxygens (including phenoxy) is 1. The van der Waals surface area contributed by atoms with Crippen molar-refractivity contribution < 1.29 is 14.6 Å². The Hall–Kier alpha value is -0.320. The fourth-order valence-electron chi connectivity index (χ4n) is 1.28. The standard InChI is InChI=1S/C7H12ClNO3/c1-12-6-4-9(3-5(6)10)7(11)2-8/h5-6,10H,2-4H2,1H3/t5-,6-/m0/s1. The largest absolute Gasteiger partial charge is 0.388 e. The lowest BCUT2D eigenvalue weighted by atomic mass is 10.3. The van der Waals surface area contributed by atoms with Gasteiger partial charge in [0.25, 0.3) is 0 Å². The van der Waals surface area contributed by atoms with E-state index in [9.17, 15) is 9.90 Å². The van der Waals surface area contributed by atoms with E-state index < -0.39 is 6.10 Å². The van der Waals surface area contributed by atoms with Gasteiger partial charge in [0.2, 0.25) is 5.91 Å². The van der Waals surface area contributed by atoms with Crippen molar-refractivity contribution in [2.24, 2.45) is 0 Å². The van der Waals surface area contributed by atoms with Crippen LogP contribution in [0.3, 0.4) is 0 Å². The highest BCUT2D eigenvalue weighted by Crippen LogP contribution is 2.12. The highest BCUT2D eigenvalue weighted by Gasteiger charge is 2.33. The van der Waals surface area contributed by atoms with E-state index in [1.165, 1.54) is 12.0 Å². The highest BCUT2D eigenvalue weighted by atomic mass is 35.5. The lowest BCUT2D eigenvalue weighted by molar-refractivity contribution is -0.128. The molecule has 70 valence electrons. The first-order valence-electron chi connectivity index (χ1n) is 3.73. The normalized spacial score (nSPS) is 29.4. The Morgan fingerprint density at radius 2 is 2.42 bits per heavy atom. The van der Waals surface area contributed by atoms with Crippen LogP contribution in [0.5, 0.6) is 0 Å². The van der Waals surface area contributed by atoms with Gasteiger partial charge in [-0.15, -0.1) is 11.6 Å². The Bertz CT molecular complexity index is 176. The van der Waals surface area contributed by atoms with Crippen molar-refractivity contribution in [3.63, 3.8) is 0 Å². The maximum absolute atomic E-state index is 11.0. The Kier molecular flexibility index (Phi) is 3.31. The van der Waals surface area contributed by atoms with E-state index in [0.29, 0.717) is 13.1 Å². The second-order valence-corrected chi connectivity index (χ2v) is 3.04. The summed E-state index contributed by atoms with van der Waals surface area (Å²) in [7, 11) is 1.52. The van der Waals surface area contributed by atoms with E-state index in [4.69, 9.17) is 16.3 Å². The molecule has 1 heterocycles. The van der Waals surface area contributed by atoms with E-state index in [-0.39, 0.29) is 17.9 Å².